The Labute approximate surface area is 178 Å². The normalized spacial score (nSPS) is 11.7. The van der Waals surface area contributed by atoms with Crippen LogP contribution in [0.5, 0.6) is 0 Å². The first-order valence-corrected chi connectivity index (χ1v) is 10.3. The fourth-order valence-corrected chi connectivity index (χ4v) is 2.26. The number of allylic oxidation sites excluding steroid dienone is 4. The third-order valence-electron chi connectivity index (χ3n) is 3.23. The molecule has 0 aromatic rings. The van der Waals surface area contributed by atoms with Gasteiger partial charge in [0.2, 0.25) is 0 Å². The molecule has 0 spiro atoms. The Bertz CT molecular complexity index is 589. The highest BCUT2D eigenvalue weighted by Crippen LogP contribution is 2.18. The molecule has 0 fully saturated rings. The first-order valence-electron chi connectivity index (χ1n) is 10.3. The van der Waals surface area contributed by atoms with Crippen LogP contribution in [0.4, 0.5) is 4.79 Å². The van der Waals surface area contributed by atoms with E-state index in [1.54, 1.807) is 41.5 Å². The van der Waals surface area contributed by atoms with Gasteiger partial charge in [0, 0.05) is 6.54 Å². The minimum absolute atomic E-state index is 0.140. The molecule has 0 aromatic carbocycles. The van der Waals surface area contributed by atoms with E-state index in [0.29, 0.717) is 13.0 Å². The fraction of sp³-hybridized carbons (Fsp3) is 0.667. The van der Waals surface area contributed by atoms with E-state index in [9.17, 15) is 9.59 Å². The van der Waals surface area contributed by atoms with Gasteiger partial charge in [-0.3, -0.25) is 9.69 Å². The molecule has 0 aliphatic carbocycles. The molecule has 0 unspecified atom stereocenters. The summed E-state index contributed by atoms with van der Waals surface area (Å²) in [6.07, 6.45) is 2.88. The lowest BCUT2D eigenvalue weighted by molar-refractivity contribution is -0.156. The molecule has 0 heterocycles. The van der Waals surface area contributed by atoms with E-state index in [2.05, 4.69) is 13.2 Å². The van der Waals surface area contributed by atoms with E-state index in [4.69, 9.17) is 9.47 Å². The number of nitrogens with zero attached hydrogens (tertiary/aromatic N) is 1. The van der Waals surface area contributed by atoms with Gasteiger partial charge in [0.25, 0.3) is 0 Å². The lowest BCUT2D eigenvalue weighted by Crippen LogP contribution is -2.42. The molecule has 0 N–H and O–H groups in total. The van der Waals surface area contributed by atoms with E-state index in [1.807, 2.05) is 33.8 Å². The van der Waals surface area contributed by atoms with Crippen LogP contribution in [0.15, 0.2) is 36.0 Å². The Hall–Kier alpha value is -2.04. The van der Waals surface area contributed by atoms with Crippen molar-refractivity contribution >= 4 is 12.1 Å². The van der Waals surface area contributed by atoms with Gasteiger partial charge in [0.1, 0.15) is 17.7 Å². The van der Waals surface area contributed by atoms with Crippen LogP contribution in [0.25, 0.3) is 0 Å². The number of hydrogen-bond donors (Lipinski definition) is 0. The molecule has 0 aromatic heterocycles. The lowest BCUT2D eigenvalue weighted by Gasteiger charge is -2.28. The first kappa shape index (κ1) is 29.2. The summed E-state index contributed by atoms with van der Waals surface area (Å²) in [7, 11) is 0. The lowest BCUT2D eigenvalue weighted by atomic mass is 10.0. The molecule has 1 amide bonds. The quantitative estimate of drug-likeness (QED) is 0.341. The smallest absolute Gasteiger partial charge is 0.410 e. The standard InChI is InChI=1S/C22H37NO4.C2H6/c1-16(2)14-18(17(3)4)12-11-13-23(20(25)27-22(8,9)10)15-19(24)26-21(5,6)7;1-2/h14H,1,3,11-13,15H2,2,4-10H3;1-2H3/b18-14-;. The zero-order valence-corrected chi connectivity index (χ0v) is 20.4. The monoisotopic (exact) mass is 409 g/mol. The Kier molecular flexibility index (Phi) is 13.3. The maximum absolute atomic E-state index is 12.5. The van der Waals surface area contributed by atoms with Gasteiger partial charge in [-0.15, -0.1) is 0 Å². The van der Waals surface area contributed by atoms with Crippen LogP contribution in [0.1, 0.15) is 82.1 Å². The average Bonchev–Trinajstić information content (AvgIpc) is 2.50. The van der Waals surface area contributed by atoms with Crippen molar-refractivity contribution in [3.63, 3.8) is 0 Å². The molecule has 168 valence electrons. The summed E-state index contributed by atoms with van der Waals surface area (Å²) < 4.78 is 10.8. The maximum atomic E-state index is 12.5. The van der Waals surface area contributed by atoms with E-state index >= 15 is 0 Å². The van der Waals surface area contributed by atoms with Crippen molar-refractivity contribution in [3.05, 3.63) is 36.0 Å². The summed E-state index contributed by atoms with van der Waals surface area (Å²) in [5.74, 6) is -0.453. The van der Waals surface area contributed by atoms with E-state index < -0.39 is 23.3 Å². The van der Waals surface area contributed by atoms with Crippen molar-refractivity contribution in [1.29, 1.82) is 0 Å². The second-order valence-electron chi connectivity index (χ2n) is 8.89. The maximum Gasteiger partial charge on any atom is 0.410 e. The van der Waals surface area contributed by atoms with E-state index in [-0.39, 0.29) is 6.54 Å². The molecule has 0 bridgehead atoms. The number of rotatable bonds is 8. The summed E-state index contributed by atoms with van der Waals surface area (Å²) in [5, 5.41) is 0. The van der Waals surface area contributed by atoms with E-state index in [0.717, 1.165) is 23.1 Å². The van der Waals surface area contributed by atoms with Crippen molar-refractivity contribution in [2.45, 2.75) is 93.3 Å². The van der Waals surface area contributed by atoms with Crippen molar-refractivity contribution in [2.75, 3.05) is 13.1 Å². The summed E-state index contributed by atoms with van der Waals surface area (Å²) in [6, 6.07) is 0. The van der Waals surface area contributed by atoms with Crippen LogP contribution in [-0.2, 0) is 14.3 Å². The molecule has 0 aliphatic heterocycles. The van der Waals surface area contributed by atoms with Crippen molar-refractivity contribution in [1.82, 2.24) is 4.90 Å². The Morgan fingerprint density at radius 2 is 1.41 bits per heavy atom. The van der Waals surface area contributed by atoms with Crippen LogP contribution >= 0.6 is 0 Å². The largest absolute Gasteiger partial charge is 0.459 e. The number of ether oxygens (including phenoxy) is 2. The van der Waals surface area contributed by atoms with Crippen molar-refractivity contribution in [2.24, 2.45) is 0 Å². The number of amides is 1. The Morgan fingerprint density at radius 1 is 0.931 bits per heavy atom. The molecule has 0 atom stereocenters. The van der Waals surface area contributed by atoms with Gasteiger partial charge in [-0.2, -0.15) is 0 Å². The minimum atomic E-state index is -0.633. The SMILES string of the molecule is C=C(C)/C=C(/CCCN(CC(=O)OC(C)(C)C)C(=O)OC(C)(C)C)C(=C)C.CC. The fourth-order valence-electron chi connectivity index (χ4n) is 2.26. The molecule has 5 heteroatoms. The van der Waals surface area contributed by atoms with Gasteiger partial charge < -0.3 is 9.47 Å². The Morgan fingerprint density at radius 3 is 1.79 bits per heavy atom. The predicted molar refractivity (Wildman–Crippen MR) is 122 cm³/mol. The van der Waals surface area contributed by atoms with Crippen LogP contribution in [0.2, 0.25) is 0 Å². The second-order valence-corrected chi connectivity index (χ2v) is 8.89. The van der Waals surface area contributed by atoms with Gasteiger partial charge in [0.05, 0.1) is 0 Å². The molecule has 0 saturated carbocycles. The predicted octanol–water partition coefficient (Wildman–Crippen LogP) is 6.45. The number of carbonyl (C=O) groups is 2. The van der Waals surface area contributed by atoms with Crippen LogP contribution in [0.3, 0.4) is 0 Å². The van der Waals surface area contributed by atoms with Crippen LogP contribution < -0.4 is 0 Å². The van der Waals surface area contributed by atoms with Crippen molar-refractivity contribution in [3.8, 4) is 0 Å². The molecule has 29 heavy (non-hydrogen) atoms. The molecule has 0 radical (unpaired) electrons. The molecule has 0 aliphatic rings. The molecule has 0 saturated heterocycles. The van der Waals surface area contributed by atoms with Crippen molar-refractivity contribution < 1.29 is 19.1 Å². The third-order valence-corrected chi connectivity index (χ3v) is 3.23. The van der Waals surface area contributed by atoms with Gasteiger partial charge in [-0.1, -0.05) is 44.2 Å². The zero-order chi connectivity index (χ0) is 23.4. The molecular weight excluding hydrogens is 366 g/mol. The highest BCUT2D eigenvalue weighted by atomic mass is 16.6. The first-order chi connectivity index (χ1) is 13.1. The van der Waals surface area contributed by atoms with Gasteiger partial charge in [-0.25, -0.2) is 4.79 Å². The highest BCUT2D eigenvalue weighted by Gasteiger charge is 2.26. The molecule has 5 nitrogen and oxygen atoms in total. The van der Waals surface area contributed by atoms with Gasteiger partial charge >= 0.3 is 12.1 Å². The van der Waals surface area contributed by atoms with Gasteiger partial charge in [0.15, 0.2) is 0 Å². The topological polar surface area (TPSA) is 55.8 Å². The highest BCUT2D eigenvalue weighted by molar-refractivity contribution is 5.78. The number of esters is 1. The van der Waals surface area contributed by atoms with Crippen LogP contribution in [0, 0.1) is 0 Å². The number of carbonyl (C=O) groups excluding carboxylic acids is 2. The summed E-state index contributed by atoms with van der Waals surface area (Å²) in [4.78, 5) is 26.1. The summed E-state index contributed by atoms with van der Waals surface area (Å²) >= 11 is 0. The summed E-state index contributed by atoms with van der Waals surface area (Å²) in [6.45, 7) is 26.8. The Balaban J connectivity index is 0. The second kappa shape index (κ2) is 13.2. The average molecular weight is 410 g/mol. The van der Waals surface area contributed by atoms with Crippen LogP contribution in [-0.4, -0.2) is 41.3 Å². The molecule has 0 rings (SSSR count). The zero-order valence-electron chi connectivity index (χ0n) is 20.4. The van der Waals surface area contributed by atoms with Gasteiger partial charge in [-0.05, 0) is 73.8 Å². The minimum Gasteiger partial charge on any atom is -0.459 e. The molecular formula is C24H43NO4. The summed E-state index contributed by atoms with van der Waals surface area (Å²) in [5.41, 5.74) is 1.77. The number of hydrogen-bond acceptors (Lipinski definition) is 4. The third kappa shape index (κ3) is 16.6. The van der Waals surface area contributed by atoms with E-state index in [1.165, 1.54) is 4.90 Å².